The lowest BCUT2D eigenvalue weighted by atomic mass is 9.94. The fraction of sp³-hybridized carbons (Fsp3) is 0.176. The summed E-state index contributed by atoms with van der Waals surface area (Å²) in [6.45, 7) is 13.9. The van der Waals surface area contributed by atoms with Crippen molar-refractivity contribution < 1.29 is 0 Å². The Bertz CT molecular complexity index is 485. The Morgan fingerprint density at radius 2 is 1.94 bits per heavy atom. The SMILES string of the molecule is C=C/C(C)=C(/C=C\C)c1ccc(C)cc1C=C. The average Bonchev–Trinajstić information content (AvgIpc) is 2.35. The van der Waals surface area contributed by atoms with E-state index in [1.54, 1.807) is 0 Å². The van der Waals surface area contributed by atoms with Gasteiger partial charge in [-0.05, 0) is 43.0 Å². The van der Waals surface area contributed by atoms with Crippen molar-refractivity contribution >= 4 is 11.6 Å². The maximum Gasteiger partial charge on any atom is -0.0109 e. The first-order chi connectivity index (χ1) is 8.13. The monoisotopic (exact) mass is 224 g/mol. The molecule has 0 radical (unpaired) electrons. The molecule has 0 spiro atoms. The average molecular weight is 224 g/mol. The van der Waals surface area contributed by atoms with Gasteiger partial charge in [0, 0.05) is 0 Å². The normalized spacial score (nSPS) is 12.4. The van der Waals surface area contributed by atoms with Crippen LogP contribution in [0.1, 0.15) is 30.5 Å². The van der Waals surface area contributed by atoms with Gasteiger partial charge in [-0.1, -0.05) is 61.2 Å². The highest BCUT2D eigenvalue weighted by Crippen LogP contribution is 2.26. The smallest absolute Gasteiger partial charge is 0.0109 e. The van der Waals surface area contributed by atoms with Crippen molar-refractivity contribution in [3.05, 3.63) is 71.8 Å². The second-order valence-corrected chi connectivity index (χ2v) is 4.10. The first-order valence-corrected chi connectivity index (χ1v) is 5.83. The number of allylic oxidation sites excluding steroid dienone is 5. The number of hydrogen-bond acceptors (Lipinski definition) is 0. The molecule has 1 aromatic carbocycles. The van der Waals surface area contributed by atoms with E-state index < -0.39 is 0 Å². The fourth-order valence-corrected chi connectivity index (χ4v) is 1.81. The first-order valence-electron chi connectivity index (χ1n) is 5.83. The van der Waals surface area contributed by atoms with Crippen molar-refractivity contribution in [1.29, 1.82) is 0 Å². The van der Waals surface area contributed by atoms with E-state index in [9.17, 15) is 0 Å². The minimum Gasteiger partial charge on any atom is -0.0988 e. The molecule has 0 atom stereocenters. The van der Waals surface area contributed by atoms with Crippen LogP contribution in [-0.4, -0.2) is 0 Å². The summed E-state index contributed by atoms with van der Waals surface area (Å²) in [5, 5.41) is 0. The molecule has 1 aromatic rings. The number of rotatable bonds is 4. The second kappa shape index (κ2) is 6.05. The predicted octanol–water partition coefficient (Wildman–Crippen LogP) is 5.17. The quantitative estimate of drug-likeness (QED) is 0.619. The lowest BCUT2D eigenvalue weighted by molar-refractivity contribution is 1.42. The highest BCUT2D eigenvalue weighted by Gasteiger charge is 2.05. The molecule has 17 heavy (non-hydrogen) atoms. The largest absolute Gasteiger partial charge is 0.0988 e. The van der Waals surface area contributed by atoms with Crippen LogP contribution < -0.4 is 0 Å². The Balaban J connectivity index is 3.49. The Morgan fingerprint density at radius 3 is 2.47 bits per heavy atom. The first kappa shape index (κ1) is 13.2. The molecule has 0 amide bonds. The van der Waals surface area contributed by atoms with Gasteiger partial charge in [0.1, 0.15) is 0 Å². The minimum absolute atomic E-state index is 1.17. The van der Waals surface area contributed by atoms with Gasteiger partial charge in [0.25, 0.3) is 0 Å². The molecule has 0 unspecified atom stereocenters. The number of hydrogen-bond donors (Lipinski definition) is 0. The topological polar surface area (TPSA) is 0 Å². The molecule has 0 aliphatic heterocycles. The third-order valence-electron chi connectivity index (χ3n) is 2.78. The van der Waals surface area contributed by atoms with Crippen LogP contribution in [0.4, 0.5) is 0 Å². The van der Waals surface area contributed by atoms with E-state index in [1.807, 2.05) is 19.1 Å². The molecule has 0 aromatic heterocycles. The Labute approximate surface area is 105 Å². The summed E-state index contributed by atoms with van der Waals surface area (Å²) in [6.07, 6.45) is 7.97. The summed E-state index contributed by atoms with van der Waals surface area (Å²) >= 11 is 0. The van der Waals surface area contributed by atoms with Crippen LogP contribution in [-0.2, 0) is 0 Å². The van der Waals surface area contributed by atoms with Gasteiger partial charge in [0.2, 0.25) is 0 Å². The number of aryl methyl sites for hydroxylation is 1. The van der Waals surface area contributed by atoms with E-state index in [0.717, 1.165) is 0 Å². The van der Waals surface area contributed by atoms with Gasteiger partial charge < -0.3 is 0 Å². The molecule has 1 rings (SSSR count). The van der Waals surface area contributed by atoms with Gasteiger partial charge in [-0.25, -0.2) is 0 Å². The lowest BCUT2D eigenvalue weighted by Crippen LogP contribution is -1.90. The fourth-order valence-electron chi connectivity index (χ4n) is 1.81. The van der Waals surface area contributed by atoms with Crippen LogP contribution in [0.15, 0.2) is 55.2 Å². The summed E-state index contributed by atoms with van der Waals surface area (Å²) in [5.74, 6) is 0. The molecule has 0 heteroatoms. The molecular formula is C17H20. The van der Waals surface area contributed by atoms with Crippen LogP contribution in [0.5, 0.6) is 0 Å². The molecule has 0 saturated heterocycles. The molecule has 0 heterocycles. The van der Waals surface area contributed by atoms with Crippen molar-refractivity contribution in [1.82, 2.24) is 0 Å². The molecule has 0 saturated carbocycles. The molecule has 88 valence electrons. The Morgan fingerprint density at radius 1 is 1.24 bits per heavy atom. The molecule has 0 N–H and O–H groups in total. The zero-order valence-corrected chi connectivity index (χ0v) is 11.0. The van der Waals surface area contributed by atoms with E-state index in [1.165, 1.54) is 27.8 Å². The number of benzene rings is 1. The van der Waals surface area contributed by atoms with E-state index in [-0.39, 0.29) is 0 Å². The zero-order chi connectivity index (χ0) is 12.8. The summed E-state index contributed by atoms with van der Waals surface area (Å²) < 4.78 is 0. The maximum absolute atomic E-state index is 3.89. The van der Waals surface area contributed by atoms with E-state index in [4.69, 9.17) is 0 Å². The van der Waals surface area contributed by atoms with Crippen LogP contribution in [0.2, 0.25) is 0 Å². The lowest BCUT2D eigenvalue weighted by Gasteiger charge is -2.11. The van der Waals surface area contributed by atoms with Crippen LogP contribution in [0.3, 0.4) is 0 Å². The van der Waals surface area contributed by atoms with Gasteiger partial charge >= 0.3 is 0 Å². The van der Waals surface area contributed by atoms with E-state index in [2.05, 4.69) is 57.4 Å². The second-order valence-electron chi connectivity index (χ2n) is 4.10. The summed E-state index contributed by atoms with van der Waals surface area (Å²) in [5.41, 5.74) is 6.01. The molecular weight excluding hydrogens is 204 g/mol. The van der Waals surface area contributed by atoms with Crippen molar-refractivity contribution in [2.75, 3.05) is 0 Å². The van der Waals surface area contributed by atoms with Gasteiger partial charge in [0.15, 0.2) is 0 Å². The summed E-state index contributed by atoms with van der Waals surface area (Å²) in [4.78, 5) is 0. The van der Waals surface area contributed by atoms with Gasteiger partial charge in [-0.3, -0.25) is 0 Å². The van der Waals surface area contributed by atoms with Crippen molar-refractivity contribution in [3.8, 4) is 0 Å². The third-order valence-corrected chi connectivity index (χ3v) is 2.78. The summed E-state index contributed by atoms with van der Waals surface area (Å²) in [7, 11) is 0. The molecule has 0 fully saturated rings. The molecule has 0 aliphatic carbocycles. The van der Waals surface area contributed by atoms with Crippen molar-refractivity contribution in [2.24, 2.45) is 0 Å². The van der Waals surface area contributed by atoms with Crippen molar-refractivity contribution in [3.63, 3.8) is 0 Å². The predicted molar refractivity (Wildman–Crippen MR) is 78.9 cm³/mol. The molecule has 0 bridgehead atoms. The van der Waals surface area contributed by atoms with Gasteiger partial charge in [-0.2, -0.15) is 0 Å². The standard InChI is InChI=1S/C17H20/c1-6-9-16(14(5)7-2)17-11-10-13(4)12-15(17)8-3/h6-12H,2-3H2,1,4-5H3/b9-6-,16-14-. The van der Waals surface area contributed by atoms with Crippen molar-refractivity contribution in [2.45, 2.75) is 20.8 Å². The molecule has 0 aliphatic rings. The maximum atomic E-state index is 3.89. The Hall–Kier alpha value is -1.82. The Kier molecular flexibility index (Phi) is 4.71. The van der Waals surface area contributed by atoms with Crippen LogP contribution >= 0.6 is 0 Å². The van der Waals surface area contributed by atoms with Crippen LogP contribution in [0, 0.1) is 6.92 Å². The highest BCUT2D eigenvalue weighted by molar-refractivity contribution is 5.83. The minimum atomic E-state index is 1.17. The molecule has 0 nitrogen and oxygen atoms in total. The van der Waals surface area contributed by atoms with Gasteiger partial charge in [-0.15, -0.1) is 0 Å². The van der Waals surface area contributed by atoms with Crippen LogP contribution in [0.25, 0.3) is 11.6 Å². The van der Waals surface area contributed by atoms with E-state index in [0.29, 0.717) is 0 Å². The highest BCUT2D eigenvalue weighted by atomic mass is 14.1. The zero-order valence-electron chi connectivity index (χ0n) is 11.0. The summed E-state index contributed by atoms with van der Waals surface area (Å²) in [6, 6.07) is 6.43. The van der Waals surface area contributed by atoms with Gasteiger partial charge in [0.05, 0.1) is 0 Å². The van der Waals surface area contributed by atoms with E-state index >= 15 is 0 Å². The third kappa shape index (κ3) is 3.07.